The smallest absolute Gasteiger partial charge is 0.132 e. The zero-order valence-corrected chi connectivity index (χ0v) is 55.5. The highest BCUT2D eigenvalue weighted by Gasteiger charge is 2.23. The summed E-state index contributed by atoms with van der Waals surface area (Å²) < 4.78 is 38.9. The lowest BCUT2D eigenvalue weighted by Crippen LogP contribution is -2.20. The minimum atomic E-state index is -0.643. The third-order valence-corrected chi connectivity index (χ3v) is 23.4. The van der Waals surface area contributed by atoms with Crippen molar-refractivity contribution in [3.8, 4) is 34.5 Å². The summed E-state index contributed by atoms with van der Waals surface area (Å²) >= 11 is 0. The Morgan fingerprint density at radius 3 is 0.544 bits per heavy atom. The van der Waals surface area contributed by atoms with E-state index in [2.05, 4.69) is 276 Å². The van der Waals surface area contributed by atoms with Gasteiger partial charge in [-0.3, -0.25) is 0 Å². The quantitative estimate of drug-likeness (QED) is 0.0288. The van der Waals surface area contributed by atoms with Crippen LogP contribution in [0.5, 0.6) is 34.5 Å². The van der Waals surface area contributed by atoms with Gasteiger partial charge in [0.25, 0.3) is 0 Å². The third kappa shape index (κ3) is 18.9. The lowest BCUT2D eigenvalue weighted by Gasteiger charge is -2.23. The van der Waals surface area contributed by atoms with E-state index in [9.17, 15) is 0 Å². The zero-order valence-electron chi connectivity index (χ0n) is 52.8. The molecule has 0 atom stereocenters. The van der Waals surface area contributed by atoms with Crippen LogP contribution in [0.2, 0.25) is 0 Å². The van der Waals surface area contributed by atoms with Crippen LogP contribution in [0.15, 0.2) is 255 Å². The Morgan fingerprint density at radius 1 is 0.189 bits per heavy atom. The molecule has 0 aliphatic rings. The molecule has 0 radical (unpaired) electrons. The summed E-state index contributed by atoms with van der Waals surface area (Å²) in [6, 6.07) is 91.2. The maximum absolute atomic E-state index is 6.69. The molecule has 10 aromatic rings. The minimum Gasteiger partial charge on any atom is -0.494 e. The molecule has 0 aliphatic heterocycles. The molecule has 0 heterocycles. The van der Waals surface area contributed by atoms with Gasteiger partial charge in [-0.2, -0.15) is 0 Å². The van der Waals surface area contributed by atoms with Crippen molar-refractivity contribution in [1.82, 2.24) is 0 Å². The molecular formula is C81H87O6P3. The predicted octanol–water partition coefficient (Wildman–Crippen LogP) is 16.9. The van der Waals surface area contributed by atoms with Crippen LogP contribution in [0, 0.1) is 20.8 Å². The van der Waals surface area contributed by atoms with Gasteiger partial charge < -0.3 is 28.4 Å². The van der Waals surface area contributed by atoms with Crippen LogP contribution in [-0.4, -0.2) is 39.6 Å². The van der Waals surface area contributed by atoms with Crippen LogP contribution in [-0.2, 0) is 0 Å². The van der Waals surface area contributed by atoms with Crippen LogP contribution >= 0.6 is 23.8 Å². The Hall–Kier alpha value is -7.71. The van der Waals surface area contributed by atoms with Gasteiger partial charge in [0, 0.05) is 16.7 Å². The van der Waals surface area contributed by atoms with Crippen LogP contribution in [0.1, 0.15) is 93.7 Å². The van der Waals surface area contributed by atoms with Crippen molar-refractivity contribution >= 4 is 71.5 Å². The summed E-state index contributed by atoms with van der Waals surface area (Å²) in [5.74, 6) is 5.39. The lowest BCUT2D eigenvalue weighted by atomic mass is 10.0. The van der Waals surface area contributed by atoms with Crippen LogP contribution in [0.3, 0.4) is 0 Å². The number of unbranched alkanes of at least 4 members (excludes halogenated alkanes) is 9. The average molecular weight is 1250 g/mol. The van der Waals surface area contributed by atoms with Crippen molar-refractivity contribution < 1.29 is 28.4 Å². The van der Waals surface area contributed by atoms with Crippen molar-refractivity contribution in [2.75, 3.05) is 39.6 Å². The summed E-state index contributed by atoms with van der Waals surface area (Å²) in [5.41, 5.74) is 3.12. The predicted molar refractivity (Wildman–Crippen MR) is 384 cm³/mol. The molecule has 0 spiro atoms. The number of rotatable bonds is 36. The van der Waals surface area contributed by atoms with E-state index in [0.717, 1.165) is 128 Å². The molecule has 6 nitrogen and oxygen atoms in total. The van der Waals surface area contributed by atoms with Gasteiger partial charge in [-0.05, 0) is 206 Å². The molecule has 10 rings (SSSR count). The number of benzene rings is 10. The van der Waals surface area contributed by atoms with Gasteiger partial charge in [-0.25, -0.2) is 0 Å². The molecular weight excluding hydrogens is 1160 g/mol. The van der Waals surface area contributed by atoms with Gasteiger partial charge in [0.1, 0.15) is 34.5 Å². The number of hydrogen-bond donors (Lipinski definition) is 0. The van der Waals surface area contributed by atoms with Crippen molar-refractivity contribution in [2.45, 2.75) is 97.8 Å². The first-order valence-corrected chi connectivity index (χ1v) is 36.4. The summed E-state index contributed by atoms with van der Waals surface area (Å²) in [5, 5.41) is 12.0. The Morgan fingerprint density at radius 2 is 0.356 bits per heavy atom. The van der Waals surface area contributed by atoms with Gasteiger partial charge in [0.05, 0.1) is 39.6 Å². The van der Waals surface area contributed by atoms with Crippen LogP contribution in [0.4, 0.5) is 0 Å². The van der Waals surface area contributed by atoms with Crippen molar-refractivity contribution in [3.05, 3.63) is 271 Å². The molecule has 0 N–H and O–H groups in total. The Balaban J connectivity index is 0.679. The molecule has 0 bridgehead atoms. The Kier molecular flexibility index (Phi) is 25.8. The van der Waals surface area contributed by atoms with Gasteiger partial charge in [-0.1, -0.05) is 218 Å². The first-order valence-electron chi connectivity index (χ1n) is 32.4. The highest BCUT2D eigenvalue weighted by atomic mass is 31.1. The molecule has 90 heavy (non-hydrogen) atoms. The zero-order chi connectivity index (χ0) is 61.8. The molecule has 462 valence electrons. The maximum atomic E-state index is 6.69. The fourth-order valence-corrected chi connectivity index (χ4v) is 18.3. The molecule has 0 unspecified atom stereocenters. The summed E-state index contributed by atoms with van der Waals surface area (Å²) in [7, 11) is -1.93. The SMILES string of the molecule is Cc1c(OCCCCCCOc2ccc(P(c3ccccc3)c3ccccc3)cc2)c(C)c(OCCCCCCOc2ccc(P(c3ccccc3)c3ccccc3)cc2)c(C)c1OCCCCCCOc1ccc(P(c2ccccc2)c2ccccc2)cc1. The van der Waals surface area contributed by atoms with Gasteiger partial charge >= 0.3 is 0 Å². The van der Waals surface area contributed by atoms with Crippen LogP contribution in [0.25, 0.3) is 0 Å². The number of ether oxygens (including phenoxy) is 6. The van der Waals surface area contributed by atoms with Crippen molar-refractivity contribution in [2.24, 2.45) is 0 Å². The minimum absolute atomic E-state index is 0.627. The van der Waals surface area contributed by atoms with Gasteiger partial charge in [0.2, 0.25) is 0 Å². The first kappa shape index (κ1) is 65.2. The van der Waals surface area contributed by atoms with E-state index in [1.807, 2.05) is 0 Å². The van der Waals surface area contributed by atoms with E-state index >= 15 is 0 Å². The topological polar surface area (TPSA) is 55.4 Å². The van der Waals surface area contributed by atoms with Gasteiger partial charge in [0.15, 0.2) is 0 Å². The highest BCUT2D eigenvalue weighted by molar-refractivity contribution is 7.80. The summed E-state index contributed by atoms with van der Waals surface area (Å²) in [4.78, 5) is 0. The lowest BCUT2D eigenvalue weighted by molar-refractivity contribution is 0.262. The maximum Gasteiger partial charge on any atom is 0.132 e. The van der Waals surface area contributed by atoms with E-state index in [1.54, 1.807) is 0 Å². The fourth-order valence-electron chi connectivity index (χ4n) is 11.4. The standard InChI is InChI=1S/C81H87O6P3/c1-64-79(85-61-31-7-4-28-58-82-67-46-52-76(53-47-67)88(70-34-16-10-17-35-70)71-36-18-11-19-37-71)65(2)81(87-63-33-9-6-30-60-84-69-50-56-78(57-51-69)90(74-42-24-14-25-43-74)75-44-26-15-27-45-75)66(3)80(64)86-62-32-8-5-29-59-83-68-48-54-77(55-49-68)89(72-38-20-12-21-39-72)73-40-22-13-23-41-73/h10-27,34-57H,4-9,28-33,58-63H2,1-3H3. The monoisotopic (exact) mass is 1250 g/mol. The molecule has 0 amide bonds. The molecule has 0 aromatic heterocycles. The average Bonchev–Trinajstić information content (AvgIpc) is 2.12. The Bertz CT molecular complexity index is 3110. The largest absolute Gasteiger partial charge is 0.494 e. The Labute approximate surface area is 540 Å². The van der Waals surface area contributed by atoms with E-state index in [0.29, 0.717) is 39.6 Å². The van der Waals surface area contributed by atoms with E-state index in [1.165, 1.54) is 47.7 Å². The van der Waals surface area contributed by atoms with Gasteiger partial charge in [-0.15, -0.1) is 0 Å². The number of hydrogen-bond acceptors (Lipinski definition) is 6. The molecule has 0 saturated heterocycles. The normalized spacial score (nSPS) is 11.3. The van der Waals surface area contributed by atoms with E-state index < -0.39 is 23.8 Å². The fraction of sp³-hybridized carbons (Fsp3) is 0.259. The molecule has 9 heteroatoms. The molecule has 0 saturated carbocycles. The second-order valence-electron chi connectivity index (χ2n) is 22.7. The van der Waals surface area contributed by atoms with Crippen molar-refractivity contribution in [1.29, 1.82) is 0 Å². The van der Waals surface area contributed by atoms with Crippen LogP contribution < -0.4 is 76.2 Å². The first-order chi connectivity index (χ1) is 44.5. The van der Waals surface area contributed by atoms with Crippen molar-refractivity contribution in [3.63, 3.8) is 0 Å². The summed E-state index contributed by atoms with van der Waals surface area (Å²) in [6.45, 7) is 10.4. The second-order valence-corrected chi connectivity index (χ2v) is 29.4. The second kappa shape index (κ2) is 35.6. The van der Waals surface area contributed by atoms with E-state index in [-0.39, 0.29) is 0 Å². The molecule has 0 aliphatic carbocycles. The third-order valence-electron chi connectivity index (χ3n) is 16.1. The van der Waals surface area contributed by atoms with E-state index in [4.69, 9.17) is 28.4 Å². The molecule has 0 fully saturated rings. The summed E-state index contributed by atoms with van der Waals surface area (Å²) in [6.07, 6.45) is 12.2. The molecule has 10 aromatic carbocycles. The highest BCUT2D eigenvalue weighted by Crippen LogP contribution is 2.43.